The van der Waals surface area contributed by atoms with Crippen LogP contribution in [0.3, 0.4) is 0 Å². The Balaban J connectivity index is 3.00. The predicted molar refractivity (Wildman–Crippen MR) is 76.1 cm³/mol. The van der Waals surface area contributed by atoms with E-state index in [4.69, 9.17) is 0 Å². The Kier molecular flexibility index (Phi) is 4.59. The smallest absolute Gasteiger partial charge is 0.233 e. The second-order valence-electron chi connectivity index (χ2n) is 6.33. The van der Waals surface area contributed by atoms with Gasteiger partial charge in [-0.3, -0.25) is 14.5 Å². The number of hydrogen-bond acceptors (Lipinski definition) is 3. The molecule has 2 amide bonds. The minimum Gasteiger partial charge on any atom is -0.311 e. The van der Waals surface area contributed by atoms with Gasteiger partial charge in [-0.25, -0.2) is 0 Å². The summed E-state index contributed by atoms with van der Waals surface area (Å²) in [7, 11) is 0.418. The lowest BCUT2D eigenvalue weighted by Crippen LogP contribution is -2.51. The van der Waals surface area contributed by atoms with Crippen LogP contribution in [0.2, 0.25) is 6.82 Å². The molecular weight excluding hydrogens is 241 g/mol. The lowest BCUT2D eigenvalue weighted by atomic mass is 9.62. The summed E-state index contributed by atoms with van der Waals surface area (Å²) in [6, 6.07) is -0.385. The summed E-state index contributed by atoms with van der Waals surface area (Å²) in [6.45, 7) is 11.1. The quantitative estimate of drug-likeness (QED) is 0.558. The Labute approximate surface area is 116 Å². The second kappa shape index (κ2) is 5.47. The average Bonchev–Trinajstić information content (AvgIpc) is 2.62. The summed E-state index contributed by atoms with van der Waals surface area (Å²) in [5, 5.41) is 0. The van der Waals surface area contributed by atoms with E-state index in [0.717, 1.165) is 0 Å². The van der Waals surface area contributed by atoms with Crippen LogP contribution in [-0.4, -0.2) is 35.7 Å². The molecular formula is C14H24BNO3. The monoisotopic (exact) mass is 265 g/mol. The first-order chi connectivity index (χ1) is 8.64. The van der Waals surface area contributed by atoms with Gasteiger partial charge in [0.05, 0.1) is 5.68 Å². The number of rotatable bonds is 5. The molecule has 1 fully saturated rings. The normalized spacial score (nSPS) is 22.1. The Bertz CT molecular complexity index is 403. The lowest BCUT2D eigenvalue weighted by Gasteiger charge is -2.36. The van der Waals surface area contributed by atoms with Crippen LogP contribution in [0.1, 0.15) is 41.0 Å². The standard InChI is InChI=1S/C14H24BNO3/c1-8(2)10-7-11(17)16(12(10)18)9(3)14(4,5)13(19)15-6/h8-10,15H,7H2,1-6H3. The Hall–Kier alpha value is -1.13. The van der Waals surface area contributed by atoms with Crippen molar-refractivity contribution in [1.29, 1.82) is 0 Å². The van der Waals surface area contributed by atoms with Crippen LogP contribution >= 0.6 is 0 Å². The van der Waals surface area contributed by atoms with E-state index < -0.39 is 5.41 Å². The van der Waals surface area contributed by atoms with E-state index >= 15 is 0 Å². The molecule has 2 atom stereocenters. The summed E-state index contributed by atoms with van der Waals surface area (Å²) in [6.07, 6.45) is 0.275. The summed E-state index contributed by atoms with van der Waals surface area (Å²) in [5.74, 6) is -0.348. The number of nitrogens with zero attached hydrogens (tertiary/aromatic N) is 1. The van der Waals surface area contributed by atoms with Crippen molar-refractivity contribution in [1.82, 2.24) is 4.90 Å². The summed E-state index contributed by atoms with van der Waals surface area (Å²) in [4.78, 5) is 37.8. The highest BCUT2D eigenvalue weighted by molar-refractivity contribution is 6.73. The van der Waals surface area contributed by atoms with Crippen molar-refractivity contribution < 1.29 is 14.4 Å². The van der Waals surface area contributed by atoms with E-state index in [2.05, 4.69) is 0 Å². The molecule has 5 heteroatoms. The third-order valence-electron chi connectivity index (χ3n) is 4.49. The average molecular weight is 265 g/mol. The van der Waals surface area contributed by atoms with Gasteiger partial charge in [0, 0.05) is 23.8 Å². The Morgan fingerprint density at radius 3 is 2.21 bits per heavy atom. The summed E-state index contributed by atoms with van der Waals surface area (Å²) < 4.78 is 0. The van der Waals surface area contributed by atoms with E-state index in [-0.39, 0.29) is 41.8 Å². The molecule has 0 aliphatic carbocycles. The molecule has 4 nitrogen and oxygen atoms in total. The number of hydrogen-bond donors (Lipinski definition) is 0. The van der Waals surface area contributed by atoms with Gasteiger partial charge in [-0.1, -0.05) is 34.5 Å². The van der Waals surface area contributed by atoms with Gasteiger partial charge in [0.2, 0.25) is 19.1 Å². The fourth-order valence-electron chi connectivity index (χ4n) is 2.61. The first kappa shape index (κ1) is 15.9. The highest BCUT2D eigenvalue weighted by atomic mass is 16.2. The molecule has 0 saturated carbocycles. The highest BCUT2D eigenvalue weighted by Crippen LogP contribution is 2.34. The van der Waals surface area contributed by atoms with E-state index in [1.807, 2.05) is 27.7 Å². The number of carbonyl (C=O) groups is 3. The SMILES string of the molecule is CBC(=O)C(C)(C)C(C)N1C(=O)CC(C(C)C)C1=O. The van der Waals surface area contributed by atoms with Gasteiger partial charge < -0.3 is 4.79 Å². The molecule has 0 spiro atoms. The van der Waals surface area contributed by atoms with Crippen molar-refractivity contribution in [2.24, 2.45) is 17.3 Å². The van der Waals surface area contributed by atoms with Gasteiger partial charge in [-0.05, 0) is 12.8 Å². The van der Waals surface area contributed by atoms with Crippen LogP contribution < -0.4 is 0 Å². The molecule has 0 aromatic rings. The topological polar surface area (TPSA) is 54.5 Å². The largest absolute Gasteiger partial charge is 0.311 e. The Morgan fingerprint density at radius 1 is 1.32 bits per heavy atom. The van der Waals surface area contributed by atoms with E-state index in [1.54, 1.807) is 13.7 Å². The van der Waals surface area contributed by atoms with Gasteiger partial charge in [-0.2, -0.15) is 0 Å². The van der Waals surface area contributed by atoms with Gasteiger partial charge >= 0.3 is 0 Å². The molecule has 0 bridgehead atoms. The molecule has 0 N–H and O–H groups in total. The maximum absolute atomic E-state index is 12.4. The van der Waals surface area contributed by atoms with Gasteiger partial charge in [0.25, 0.3) is 0 Å². The highest BCUT2D eigenvalue weighted by Gasteiger charge is 2.47. The van der Waals surface area contributed by atoms with E-state index in [0.29, 0.717) is 7.28 Å². The van der Waals surface area contributed by atoms with E-state index in [1.165, 1.54) is 4.90 Å². The van der Waals surface area contributed by atoms with Crippen LogP contribution in [0, 0.1) is 17.3 Å². The molecule has 0 aromatic carbocycles. The fourth-order valence-corrected chi connectivity index (χ4v) is 2.61. The van der Waals surface area contributed by atoms with Crippen molar-refractivity contribution in [2.45, 2.75) is 53.9 Å². The van der Waals surface area contributed by atoms with Crippen LogP contribution in [0.4, 0.5) is 0 Å². The first-order valence-electron chi connectivity index (χ1n) is 7.03. The van der Waals surface area contributed by atoms with Gasteiger partial charge in [0.1, 0.15) is 0 Å². The minimum atomic E-state index is -0.689. The van der Waals surface area contributed by atoms with Crippen LogP contribution in [0.15, 0.2) is 0 Å². The van der Waals surface area contributed by atoms with Gasteiger partial charge in [-0.15, -0.1) is 0 Å². The molecule has 0 radical (unpaired) electrons. The number of carbonyl (C=O) groups excluding carboxylic acids is 3. The number of likely N-dealkylation sites (tertiary alicyclic amines) is 1. The van der Waals surface area contributed by atoms with Crippen molar-refractivity contribution >= 4 is 24.8 Å². The maximum atomic E-state index is 12.4. The minimum absolute atomic E-state index is 0.0774. The number of amides is 2. The second-order valence-corrected chi connectivity index (χ2v) is 6.33. The summed E-state index contributed by atoms with van der Waals surface area (Å²) in [5.41, 5.74) is -0.611. The molecule has 0 aromatic heterocycles. The molecule has 106 valence electrons. The zero-order chi connectivity index (χ0) is 15.0. The van der Waals surface area contributed by atoms with Crippen molar-refractivity contribution in [3.63, 3.8) is 0 Å². The van der Waals surface area contributed by atoms with Crippen LogP contribution in [-0.2, 0) is 14.4 Å². The van der Waals surface area contributed by atoms with E-state index in [9.17, 15) is 14.4 Å². The van der Waals surface area contributed by atoms with Crippen LogP contribution in [0.25, 0.3) is 0 Å². The molecule has 1 saturated heterocycles. The predicted octanol–water partition coefficient (Wildman–Crippen LogP) is 1.44. The zero-order valence-electron chi connectivity index (χ0n) is 12.8. The molecule has 1 heterocycles. The lowest BCUT2D eigenvalue weighted by molar-refractivity contribution is -0.145. The molecule has 1 aliphatic rings. The molecule has 1 aliphatic heterocycles. The molecule has 1 rings (SSSR count). The van der Waals surface area contributed by atoms with Crippen LogP contribution in [0.5, 0.6) is 0 Å². The van der Waals surface area contributed by atoms with Crippen molar-refractivity contribution in [2.75, 3.05) is 0 Å². The zero-order valence-corrected chi connectivity index (χ0v) is 12.8. The first-order valence-corrected chi connectivity index (χ1v) is 7.03. The fraction of sp³-hybridized carbons (Fsp3) is 0.786. The molecule has 2 unspecified atom stereocenters. The van der Waals surface area contributed by atoms with Gasteiger partial charge in [0.15, 0.2) is 0 Å². The third kappa shape index (κ3) is 2.75. The number of imide groups is 1. The maximum Gasteiger partial charge on any atom is 0.233 e. The van der Waals surface area contributed by atoms with Crippen molar-refractivity contribution in [3.05, 3.63) is 0 Å². The molecule has 19 heavy (non-hydrogen) atoms. The summed E-state index contributed by atoms with van der Waals surface area (Å²) >= 11 is 0. The third-order valence-corrected chi connectivity index (χ3v) is 4.49. The Morgan fingerprint density at radius 2 is 1.84 bits per heavy atom. The van der Waals surface area contributed by atoms with Crippen molar-refractivity contribution in [3.8, 4) is 0 Å².